The van der Waals surface area contributed by atoms with Crippen LogP contribution < -0.4 is 0 Å². The zero-order valence-corrected chi connectivity index (χ0v) is 14.1. The Morgan fingerprint density at radius 3 is 2.54 bits per heavy atom. The molecule has 0 amide bonds. The van der Waals surface area contributed by atoms with E-state index >= 15 is 0 Å². The molecule has 1 aromatic rings. The highest BCUT2D eigenvalue weighted by Gasteiger charge is 2.27. The topological polar surface area (TPSA) is 57.1 Å². The number of rotatable bonds is 6. The van der Waals surface area contributed by atoms with E-state index in [1.807, 2.05) is 30.3 Å². The fraction of sp³-hybridized carbons (Fsp3) is 0.529. The van der Waals surface area contributed by atoms with Crippen molar-refractivity contribution in [3.63, 3.8) is 0 Å². The summed E-state index contributed by atoms with van der Waals surface area (Å²) in [6, 6.07) is 9.88. The SMILES string of the molecule is CC(C)(F)F.CCOC(=O)C1=NOC(COCc2ccccc2)C1. The van der Waals surface area contributed by atoms with Crippen LogP contribution in [0.2, 0.25) is 0 Å². The Morgan fingerprint density at radius 2 is 1.96 bits per heavy atom. The van der Waals surface area contributed by atoms with Gasteiger partial charge in [-0.3, -0.25) is 0 Å². The number of esters is 1. The second-order valence-corrected chi connectivity index (χ2v) is 5.52. The highest BCUT2D eigenvalue weighted by Crippen LogP contribution is 2.13. The van der Waals surface area contributed by atoms with E-state index in [-0.39, 0.29) is 6.10 Å². The van der Waals surface area contributed by atoms with Gasteiger partial charge in [-0.2, -0.15) is 0 Å². The molecule has 2 rings (SSSR count). The summed E-state index contributed by atoms with van der Waals surface area (Å²) in [5, 5.41) is 3.72. The summed E-state index contributed by atoms with van der Waals surface area (Å²) in [4.78, 5) is 16.5. The van der Waals surface area contributed by atoms with Gasteiger partial charge in [-0.25, -0.2) is 13.6 Å². The fourth-order valence-electron chi connectivity index (χ4n) is 1.74. The van der Waals surface area contributed by atoms with Gasteiger partial charge in [0.05, 0.1) is 19.8 Å². The molecule has 0 bridgehead atoms. The van der Waals surface area contributed by atoms with E-state index in [0.29, 0.717) is 32.0 Å². The molecule has 1 heterocycles. The maximum Gasteiger partial charge on any atom is 0.356 e. The number of oxime groups is 1. The Balaban J connectivity index is 0.000000505. The molecule has 1 aromatic carbocycles. The number of nitrogens with zero attached hydrogens (tertiary/aromatic N) is 1. The number of halogens is 2. The molecular weight excluding hydrogens is 320 g/mol. The highest BCUT2D eigenvalue weighted by molar-refractivity contribution is 6.36. The molecule has 0 saturated heterocycles. The van der Waals surface area contributed by atoms with Crippen LogP contribution >= 0.6 is 0 Å². The lowest BCUT2D eigenvalue weighted by molar-refractivity contribution is -0.135. The zero-order chi connectivity index (χ0) is 18.0. The molecule has 0 spiro atoms. The number of alkyl halides is 2. The molecule has 0 aromatic heterocycles. The van der Waals surface area contributed by atoms with Crippen molar-refractivity contribution in [3.05, 3.63) is 35.9 Å². The number of carbonyl (C=O) groups is 1. The molecule has 1 atom stereocenters. The van der Waals surface area contributed by atoms with E-state index < -0.39 is 11.9 Å². The van der Waals surface area contributed by atoms with Crippen LogP contribution in [0.15, 0.2) is 35.5 Å². The van der Waals surface area contributed by atoms with Crippen molar-refractivity contribution in [1.82, 2.24) is 0 Å². The molecule has 0 fully saturated rings. The second kappa shape index (κ2) is 9.97. The van der Waals surface area contributed by atoms with Gasteiger partial charge in [0.1, 0.15) is 0 Å². The van der Waals surface area contributed by atoms with Crippen LogP contribution in [0.1, 0.15) is 32.8 Å². The molecule has 24 heavy (non-hydrogen) atoms. The normalized spacial score (nSPS) is 16.5. The first-order valence-electron chi connectivity index (χ1n) is 7.69. The molecule has 1 aliphatic heterocycles. The summed E-state index contributed by atoms with van der Waals surface area (Å²) < 4.78 is 32.4. The monoisotopic (exact) mass is 343 g/mol. The van der Waals surface area contributed by atoms with Crippen LogP contribution in [-0.4, -0.2) is 36.9 Å². The minimum absolute atomic E-state index is 0.205. The van der Waals surface area contributed by atoms with E-state index in [4.69, 9.17) is 14.3 Å². The fourth-order valence-corrected chi connectivity index (χ4v) is 1.74. The second-order valence-electron chi connectivity index (χ2n) is 5.52. The van der Waals surface area contributed by atoms with Gasteiger partial charge in [0.2, 0.25) is 5.92 Å². The molecule has 7 heteroatoms. The van der Waals surface area contributed by atoms with Gasteiger partial charge in [-0.15, -0.1) is 0 Å². The summed E-state index contributed by atoms with van der Waals surface area (Å²) in [7, 11) is 0. The van der Waals surface area contributed by atoms with Gasteiger partial charge in [0, 0.05) is 6.42 Å². The van der Waals surface area contributed by atoms with Gasteiger partial charge in [0.25, 0.3) is 0 Å². The first-order chi connectivity index (χ1) is 11.3. The maximum atomic E-state index is 11.4. The Labute approximate surface area is 140 Å². The van der Waals surface area contributed by atoms with Gasteiger partial charge >= 0.3 is 5.97 Å². The Morgan fingerprint density at radius 1 is 1.33 bits per heavy atom. The third kappa shape index (κ3) is 9.19. The lowest BCUT2D eigenvalue weighted by Gasteiger charge is -2.08. The minimum Gasteiger partial charge on any atom is -0.461 e. The Hall–Kier alpha value is -2.02. The average Bonchev–Trinajstić information content (AvgIpc) is 2.96. The van der Waals surface area contributed by atoms with Crippen LogP contribution in [0, 0.1) is 0 Å². The molecule has 0 radical (unpaired) electrons. The summed E-state index contributed by atoms with van der Waals surface area (Å²) in [6.07, 6.45) is 0.233. The number of ether oxygens (including phenoxy) is 2. The maximum absolute atomic E-state index is 11.4. The molecule has 1 aliphatic rings. The molecule has 1 unspecified atom stereocenters. The van der Waals surface area contributed by atoms with Gasteiger partial charge in [-0.05, 0) is 26.3 Å². The smallest absolute Gasteiger partial charge is 0.356 e. The lowest BCUT2D eigenvalue weighted by Crippen LogP contribution is -2.21. The first-order valence-corrected chi connectivity index (χ1v) is 7.69. The molecule has 0 saturated carbocycles. The number of benzene rings is 1. The van der Waals surface area contributed by atoms with Gasteiger partial charge in [-0.1, -0.05) is 35.5 Å². The van der Waals surface area contributed by atoms with E-state index in [0.717, 1.165) is 19.4 Å². The van der Waals surface area contributed by atoms with Crippen molar-refractivity contribution in [2.45, 2.75) is 45.8 Å². The average molecular weight is 343 g/mol. The van der Waals surface area contributed by atoms with Crippen LogP contribution in [0.3, 0.4) is 0 Å². The van der Waals surface area contributed by atoms with Gasteiger partial charge in [0.15, 0.2) is 11.8 Å². The van der Waals surface area contributed by atoms with E-state index in [9.17, 15) is 13.6 Å². The van der Waals surface area contributed by atoms with Crippen LogP contribution in [-0.2, 0) is 25.7 Å². The molecule has 0 aliphatic carbocycles. The predicted molar refractivity (Wildman–Crippen MR) is 86.0 cm³/mol. The Kier molecular flexibility index (Phi) is 8.32. The number of hydrogen-bond donors (Lipinski definition) is 0. The van der Waals surface area contributed by atoms with Crippen molar-refractivity contribution in [2.75, 3.05) is 13.2 Å². The van der Waals surface area contributed by atoms with Crippen molar-refractivity contribution in [1.29, 1.82) is 0 Å². The van der Waals surface area contributed by atoms with Crippen molar-refractivity contribution < 1.29 is 27.9 Å². The number of carbonyl (C=O) groups excluding carboxylic acids is 1. The summed E-state index contributed by atoms with van der Waals surface area (Å²) in [6.45, 7) is 4.73. The van der Waals surface area contributed by atoms with E-state index in [1.165, 1.54) is 0 Å². The van der Waals surface area contributed by atoms with Crippen molar-refractivity contribution >= 4 is 11.7 Å². The largest absolute Gasteiger partial charge is 0.461 e. The quantitative estimate of drug-likeness (QED) is 0.741. The van der Waals surface area contributed by atoms with E-state index in [2.05, 4.69) is 5.16 Å². The summed E-state index contributed by atoms with van der Waals surface area (Å²) >= 11 is 0. The predicted octanol–water partition coefficient (Wildman–Crippen LogP) is 3.57. The van der Waals surface area contributed by atoms with Gasteiger partial charge < -0.3 is 14.3 Å². The third-order valence-electron chi connectivity index (χ3n) is 2.66. The highest BCUT2D eigenvalue weighted by atomic mass is 19.3. The molecular formula is C17H23F2NO4. The summed E-state index contributed by atoms with van der Waals surface area (Å²) in [5.74, 6) is -2.91. The zero-order valence-electron chi connectivity index (χ0n) is 14.1. The molecule has 0 N–H and O–H groups in total. The van der Waals surface area contributed by atoms with Crippen LogP contribution in [0.5, 0.6) is 0 Å². The number of hydrogen-bond acceptors (Lipinski definition) is 5. The van der Waals surface area contributed by atoms with Crippen molar-refractivity contribution in [2.24, 2.45) is 5.16 Å². The molecule has 134 valence electrons. The summed E-state index contributed by atoms with van der Waals surface area (Å²) in [5.41, 5.74) is 1.43. The van der Waals surface area contributed by atoms with E-state index in [1.54, 1.807) is 6.92 Å². The lowest BCUT2D eigenvalue weighted by atomic mass is 10.2. The van der Waals surface area contributed by atoms with Crippen molar-refractivity contribution in [3.8, 4) is 0 Å². The minimum atomic E-state index is -2.50. The first kappa shape index (κ1) is 20.0. The third-order valence-corrected chi connectivity index (χ3v) is 2.66. The van der Waals surface area contributed by atoms with Crippen LogP contribution in [0.4, 0.5) is 8.78 Å². The standard InChI is InChI=1S/C14H17NO4.C3H6F2/c1-2-18-14(16)13-8-12(19-15-13)10-17-9-11-6-4-3-5-7-11;1-3(2,4)5/h3-7,12H,2,8-10H2,1H3;1-2H3. The van der Waals surface area contributed by atoms with Crippen LogP contribution in [0.25, 0.3) is 0 Å². The molecule has 5 nitrogen and oxygen atoms in total. The Bertz CT molecular complexity index is 523.